The van der Waals surface area contributed by atoms with Crippen LogP contribution >= 0.6 is 11.6 Å². The molecule has 0 amide bonds. The molecule has 0 saturated carbocycles. The maximum atomic E-state index is 6.18. The normalized spacial score (nSPS) is 12.0. The van der Waals surface area contributed by atoms with E-state index in [-0.39, 0.29) is 5.54 Å². The van der Waals surface area contributed by atoms with Crippen LogP contribution in [0.15, 0.2) is 18.2 Å². The molecule has 0 radical (unpaired) electrons. The first-order valence-corrected chi connectivity index (χ1v) is 7.92. The summed E-state index contributed by atoms with van der Waals surface area (Å²) in [5.41, 5.74) is 2.67. The molecule has 0 heterocycles. The third-order valence-corrected chi connectivity index (χ3v) is 3.48. The number of nitrogens with one attached hydrogen (secondary N) is 1. The Morgan fingerprint density at radius 1 is 1.25 bits per heavy atom. The first kappa shape index (κ1) is 17.3. The lowest BCUT2D eigenvalue weighted by Gasteiger charge is -2.32. The number of hydrogen-bond donors (Lipinski definition) is 1. The molecule has 1 N–H and O–H groups in total. The van der Waals surface area contributed by atoms with E-state index in [9.17, 15) is 0 Å². The highest BCUT2D eigenvalue weighted by molar-refractivity contribution is 6.30. The van der Waals surface area contributed by atoms with Gasteiger partial charge in [0.2, 0.25) is 0 Å². The van der Waals surface area contributed by atoms with Crippen molar-refractivity contribution in [2.24, 2.45) is 0 Å². The van der Waals surface area contributed by atoms with Gasteiger partial charge in [-0.25, -0.2) is 0 Å². The fraction of sp³-hybridized carbons (Fsp3) is 0.647. The Kier molecular flexibility index (Phi) is 6.35. The Balaban J connectivity index is 3.05. The molecule has 0 unspecified atom stereocenters. The van der Waals surface area contributed by atoms with E-state index in [4.69, 9.17) is 11.6 Å². The van der Waals surface area contributed by atoms with Crippen LogP contribution in [0.1, 0.15) is 53.5 Å². The molecule has 0 aliphatic heterocycles. The van der Waals surface area contributed by atoms with Crippen molar-refractivity contribution < 1.29 is 0 Å². The van der Waals surface area contributed by atoms with E-state index in [2.05, 4.69) is 63.9 Å². The number of halogens is 1. The molecule has 0 atom stereocenters. The van der Waals surface area contributed by atoms with Gasteiger partial charge in [-0.1, -0.05) is 18.5 Å². The molecule has 0 aliphatic carbocycles. The lowest BCUT2D eigenvalue weighted by Crippen LogP contribution is -2.37. The maximum absolute atomic E-state index is 6.18. The summed E-state index contributed by atoms with van der Waals surface area (Å²) in [5, 5.41) is 4.36. The average Bonchev–Trinajstić information content (AvgIpc) is 2.33. The van der Waals surface area contributed by atoms with Gasteiger partial charge < -0.3 is 10.2 Å². The van der Waals surface area contributed by atoms with Crippen molar-refractivity contribution in [1.29, 1.82) is 0 Å². The fourth-order valence-corrected chi connectivity index (χ4v) is 2.43. The molecule has 1 rings (SSSR count). The van der Waals surface area contributed by atoms with E-state index < -0.39 is 0 Å². The lowest BCUT2D eigenvalue weighted by molar-refractivity contribution is 0.424. The minimum Gasteiger partial charge on any atom is -0.369 e. The van der Waals surface area contributed by atoms with Gasteiger partial charge in [-0.2, -0.15) is 0 Å². The van der Waals surface area contributed by atoms with Crippen LogP contribution in [0.5, 0.6) is 0 Å². The molecule has 0 fully saturated rings. The maximum Gasteiger partial charge on any atom is 0.0415 e. The average molecular weight is 297 g/mol. The second-order valence-corrected chi connectivity index (χ2v) is 7.10. The number of benzene rings is 1. The molecule has 0 spiro atoms. The summed E-state index contributed by atoms with van der Waals surface area (Å²) in [4.78, 5) is 2.45. The van der Waals surface area contributed by atoms with Crippen molar-refractivity contribution in [3.8, 4) is 0 Å². The van der Waals surface area contributed by atoms with E-state index in [1.54, 1.807) is 0 Å². The smallest absolute Gasteiger partial charge is 0.0415 e. The Morgan fingerprint density at radius 3 is 2.40 bits per heavy atom. The summed E-state index contributed by atoms with van der Waals surface area (Å²) >= 11 is 6.18. The van der Waals surface area contributed by atoms with Crippen molar-refractivity contribution in [2.75, 3.05) is 11.4 Å². The first-order chi connectivity index (χ1) is 9.24. The third-order valence-electron chi connectivity index (χ3n) is 3.25. The molecule has 1 aromatic rings. The predicted octanol–water partition coefficient (Wildman–Crippen LogP) is 4.85. The van der Waals surface area contributed by atoms with E-state index in [0.717, 1.165) is 24.5 Å². The quantitative estimate of drug-likeness (QED) is 0.807. The summed E-state index contributed by atoms with van der Waals surface area (Å²) in [6.45, 7) is 15.2. The number of hydrogen-bond acceptors (Lipinski definition) is 2. The zero-order valence-corrected chi connectivity index (χ0v) is 14.5. The first-order valence-electron chi connectivity index (χ1n) is 7.54. The van der Waals surface area contributed by atoms with Gasteiger partial charge in [-0.05, 0) is 64.8 Å². The van der Waals surface area contributed by atoms with Gasteiger partial charge in [0, 0.05) is 35.4 Å². The molecule has 0 aromatic heterocycles. The topological polar surface area (TPSA) is 15.3 Å². The van der Waals surface area contributed by atoms with Gasteiger partial charge >= 0.3 is 0 Å². The Morgan fingerprint density at radius 2 is 1.90 bits per heavy atom. The summed E-state index contributed by atoms with van der Waals surface area (Å²) in [7, 11) is 0. The molecule has 114 valence electrons. The van der Waals surface area contributed by atoms with Gasteiger partial charge in [0.25, 0.3) is 0 Å². The highest BCUT2D eigenvalue weighted by Gasteiger charge is 2.16. The van der Waals surface area contributed by atoms with Crippen LogP contribution in [0.25, 0.3) is 0 Å². The SMILES string of the molecule is CCCN(c1ccc(Cl)cc1CNC(C)(C)C)C(C)C. The molecule has 1 aromatic carbocycles. The van der Waals surface area contributed by atoms with Crippen molar-refractivity contribution >= 4 is 17.3 Å². The molecular formula is C17H29ClN2. The van der Waals surface area contributed by atoms with Crippen molar-refractivity contribution in [3.05, 3.63) is 28.8 Å². The number of anilines is 1. The van der Waals surface area contributed by atoms with Gasteiger partial charge in [0.1, 0.15) is 0 Å². The minimum atomic E-state index is 0.104. The van der Waals surface area contributed by atoms with Crippen LogP contribution in [0.3, 0.4) is 0 Å². The zero-order chi connectivity index (χ0) is 15.3. The molecule has 0 bridgehead atoms. The summed E-state index contributed by atoms with van der Waals surface area (Å²) < 4.78 is 0. The lowest BCUT2D eigenvalue weighted by atomic mass is 10.1. The summed E-state index contributed by atoms with van der Waals surface area (Å²) in [6.07, 6.45) is 1.15. The van der Waals surface area contributed by atoms with Gasteiger partial charge in [0.15, 0.2) is 0 Å². The zero-order valence-electron chi connectivity index (χ0n) is 13.8. The van der Waals surface area contributed by atoms with Crippen molar-refractivity contribution in [3.63, 3.8) is 0 Å². The summed E-state index contributed by atoms with van der Waals surface area (Å²) in [5.74, 6) is 0. The molecule has 20 heavy (non-hydrogen) atoms. The van der Waals surface area contributed by atoms with Crippen LogP contribution < -0.4 is 10.2 Å². The molecule has 0 saturated heterocycles. The standard InChI is InChI=1S/C17H29ClN2/c1-7-10-20(13(2)3)16-9-8-15(18)11-14(16)12-19-17(4,5)6/h8-9,11,13,19H,7,10,12H2,1-6H3. The Hall–Kier alpha value is -0.730. The predicted molar refractivity (Wildman–Crippen MR) is 90.8 cm³/mol. The van der Waals surface area contributed by atoms with E-state index in [0.29, 0.717) is 6.04 Å². The molecule has 3 heteroatoms. The molecule has 0 aliphatic rings. The second kappa shape index (κ2) is 7.33. The Bertz CT molecular complexity index is 421. The minimum absolute atomic E-state index is 0.104. The van der Waals surface area contributed by atoms with Crippen molar-refractivity contribution in [2.45, 2.75) is 66.1 Å². The largest absolute Gasteiger partial charge is 0.369 e. The number of nitrogens with zero attached hydrogens (tertiary/aromatic N) is 1. The summed E-state index contributed by atoms with van der Waals surface area (Å²) in [6, 6.07) is 6.71. The van der Waals surface area contributed by atoms with Crippen molar-refractivity contribution in [1.82, 2.24) is 5.32 Å². The highest BCUT2D eigenvalue weighted by atomic mass is 35.5. The molecular weight excluding hydrogens is 268 g/mol. The van der Waals surface area contributed by atoms with Gasteiger partial charge in [-0.3, -0.25) is 0 Å². The van der Waals surface area contributed by atoms with Crippen LogP contribution in [0.2, 0.25) is 5.02 Å². The van der Waals surface area contributed by atoms with E-state index in [1.165, 1.54) is 11.3 Å². The van der Waals surface area contributed by atoms with Crippen LogP contribution in [-0.2, 0) is 6.54 Å². The second-order valence-electron chi connectivity index (χ2n) is 6.66. The van der Waals surface area contributed by atoms with Crippen LogP contribution in [0, 0.1) is 0 Å². The van der Waals surface area contributed by atoms with Crippen LogP contribution in [0.4, 0.5) is 5.69 Å². The van der Waals surface area contributed by atoms with Gasteiger partial charge in [-0.15, -0.1) is 0 Å². The van der Waals surface area contributed by atoms with Gasteiger partial charge in [0.05, 0.1) is 0 Å². The number of rotatable bonds is 6. The fourth-order valence-electron chi connectivity index (χ4n) is 2.23. The Labute approximate surface area is 129 Å². The van der Waals surface area contributed by atoms with Crippen LogP contribution in [-0.4, -0.2) is 18.1 Å². The molecule has 2 nitrogen and oxygen atoms in total. The monoisotopic (exact) mass is 296 g/mol. The van der Waals surface area contributed by atoms with E-state index >= 15 is 0 Å². The highest BCUT2D eigenvalue weighted by Crippen LogP contribution is 2.26. The van der Waals surface area contributed by atoms with E-state index in [1.807, 2.05) is 6.07 Å². The third kappa shape index (κ3) is 5.34.